The molecular formula is C29H25N3O6. The first kappa shape index (κ1) is 22.8. The highest BCUT2D eigenvalue weighted by atomic mass is 16.7. The van der Waals surface area contributed by atoms with Gasteiger partial charge in [0.25, 0.3) is 0 Å². The Morgan fingerprint density at radius 2 is 1.87 bits per heavy atom. The molecule has 38 heavy (non-hydrogen) atoms. The van der Waals surface area contributed by atoms with E-state index in [4.69, 9.17) is 28.9 Å². The van der Waals surface area contributed by atoms with Crippen molar-refractivity contribution < 1.29 is 28.5 Å². The number of amides is 1. The van der Waals surface area contributed by atoms with Crippen LogP contribution in [0.25, 0.3) is 22.1 Å². The van der Waals surface area contributed by atoms with E-state index in [0.717, 1.165) is 28.9 Å². The molecule has 3 aliphatic rings. The van der Waals surface area contributed by atoms with Crippen LogP contribution in [0, 0.1) is 11.8 Å². The summed E-state index contributed by atoms with van der Waals surface area (Å²) in [6, 6.07) is 13.4. The minimum atomic E-state index is -0.325. The van der Waals surface area contributed by atoms with Crippen LogP contribution in [0.4, 0.5) is 5.69 Å². The maximum atomic E-state index is 13.0. The fraction of sp³-hybridized carbons (Fsp3) is 0.310. The number of rotatable bonds is 4. The molecule has 0 unspecified atom stereocenters. The van der Waals surface area contributed by atoms with Crippen LogP contribution in [0.15, 0.2) is 42.5 Å². The maximum Gasteiger partial charge on any atom is 0.310 e. The number of nitrogens with one attached hydrogen (secondary N) is 1. The van der Waals surface area contributed by atoms with Crippen molar-refractivity contribution in [3.8, 4) is 17.2 Å². The smallest absolute Gasteiger partial charge is 0.310 e. The van der Waals surface area contributed by atoms with Crippen molar-refractivity contribution in [2.45, 2.75) is 25.7 Å². The van der Waals surface area contributed by atoms with Crippen molar-refractivity contribution in [3.63, 3.8) is 0 Å². The average Bonchev–Trinajstić information content (AvgIpc) is 3.54. The zero-order valence-electron chi connectivity index (χ0n) is 20.9. The van der Waals surface area contributed by atoms with Crippen LogP contribution in [0.3, 0.4) is 0 Å². The number of esters is 1. The Labute approximate surface area is 218 Å². The Balaban J connectivity index is 1.41. The van der Waals surface area contributed by atoms with Crippen molar-refractivity contribution >= 4 is 39.6 Å². The van der Waals surface area contributed by atoms with E-state index in [9.17, 15) is 9.59 Å². The molecule has 0 spiro atoms. The van der Waals surface area contributed by atoms with E-state index in [1.165, 1.54) is 0 Å². The molecule has 1 N–H and O–H groups in total. The molecular weight excluding hydrogens is 486 g/mol. The standard InChI is InChI=1S/C29H25N3O6/c1-3-25(33)30-17-4-5-19-20(10-17)31-21-7-15(9-24(35-2)28(21)32-19)26-18-11-23-22(37-13-38-23)8-14(18)6-16-12-36-29(34)27(16)26/h4-5,7-11,16,26-27H,3,6,12-13H2,1-2H3,(H,30,33)/t16-,26+,27-/m0/s1. The second-order valence-corrected chi connectivity index (χ2v) is 9.92. The molecule has 1 fully saturated rings. The first-order valence-electron chi connectivity index (χ1n) is 12.7. The minimum absolute atomic E-state index is 0.0643. The number of carbonyl (C=O) groups excluding carboxylic acids is 2. The van der Waals surface area contributed by atoms with Crippen LogP contribution in [0.5, 0.6) is 17.2 Å². The Morgan fingerprint density at radius 3 is 2.68 bits per heavy atom. The molecule has 3 heterocycles. The summed E-state index contributed by atoms with van der Waals surface area (Å²) < 4.78 is 22.6. The van der Waals surface area contributed by atoms with Gasteiger partial charge in [-0.3, -0.25) is 9.59 Å². The summed E-state index contributed by atoms with van der Waals surface area (Å²) in [5.74, 6) is 1.19. The van der Waals surface area contributed by atoms with E-state index >= 15 is 0 Å². The van der Waals surface area contributed by atoms with Crippen molar-refractivity contribution in [2.24, 2.45) is 11.8 Å². The predicted molar refractivity (Wildman–Crippen MR) is 139 cm³/mol. The Bertz CT molecular complexity index is 1650. The zero-order chi connectivity index (χ0) is 26.0. The number of nitrogens with zero attached hydrogens (tertiary/aromatic N) is 2. The largest absolute Gasteiger partial charge is 0.494 e. The van der Waals surface area contributed by atoms with Crippen LogP contribution < -0.4 is 19.5 Å². The molecule has 0 saturated carbocycles. The van der Waals surface area contributed by atoms with E-state index in [0.29, 0.717) is 52.3 Å². The van der Waals surface area contributed by atoms with E-state index in [-0.39, 0.29) is 36.4 Å². The van der Waals surface area contributed by atoms with Gasteiger partial charge in [0.05, 0.1) is 36.2 Å². The lowest BCUT2D eigenvalue weighted by Crippen LogP contribution is -2.31. The van der Waals surface area contributed by atoms with Crippen LogP contribution in [-0.4, -0.2) is 42.4 Å². The highest BCUT2D eigenvalue weighted by molar-refractivity contribution is 5.95. The maximum absolute atomic E-state index is 13.0. The van der Waals surface area contributed by atoms with Gasteiger partial charge in [-0.15, -0.1) is 0 Å². The monoisotopic (exact) mass is 511 g/mol. The highest BCUT2D eigenvalue weighted by Gasteiger charge is 2.48. The summed E-state index contributed by atoms with van der Waals surface area (Å²) in [6.07, 6.45) is 1.12. The number of anilines is 1. The van der Waals surface area contributed by atoms with Crippen molar-refractivity contribution in [2.75, 3.05) is 25.8 Å². The molecule has 2 aliphatic heterocycles. The number of ether oxygens (including phenoxy) is 4. The van der Waals surface area contributed by atoms with Gasteiger partial charge in [0, 0.05) is 23.9 Å². The van der Waals surface area contributed by atoms with Gasteiger partial charge >= 0.3 is 5.97 Å². The molecule has 1 saturated heterocycles. The van der Waals surface area contributed by atoms with Gasteiger partial charge in [-0.05, 0) is 65.6 Å². The van der Waals surface area contributed by atoms with Crippen LogP contribution in [0.1, 0.15) is 36.0 Å². The van der Waals surface area contributed by atoms with Gasteiger partial charge in [0.2, 0.25) is 12.7 Å². The molecule has 0 bridgehead atoms. The number of fused-ring (bicyclic) bond motifs is 5. The van der Waals surface area contributed by atoms with Gasteiger partial charge in [-0.25, -0.2) is 9.97 Å². The molecule has 3 aromatic carbocycles. The topological polar surface area (TPSA) is 109 Å². The Kier molecular flexibility index (Phi) is 5.14. The number of cyclic esters (lactones) is 1. The summed E-state index contributed by atoms with van der Waals surface area (Å²) in [4.78, 5) is 34.6. The number of carbonyl (C=O) groups is 2. The molecule has 0 radical (unpaired) electrons. The third-order valence-corrected chi connectivity index (χ3v) is 7.74. The normalized spacial score (nSPS) is 21.2. The molecule has 1 aliphatic carbocycles. The van der Waals surface area contributed by atoms with Crippen molar-refractivity contribution in [1.82, 2.24) is 9.97 Å². The SMILES string of the molecule is CCC(=O)Nc1ccc2nc3c(OC)cc([C@@H]4c5cc6c(cc5C[C@H]5COC(=O)[C@@H]54)OCO6)cc3nc2c1. The van der Waals surface area contributed by atoms with Gasteiger partial charge in [-0.2, -0.15) is 0 Å². The number of methoxy groups -OCH3 is 1. The lowest BCUT2D eigenvalue weighted by atomic mass is 9.67. The summed E-state index contributed by atoms with van der Waals surface area (Å²) in [5, 5.41) is 2.87. The molecule has 3 atom stereocenters. The van der Waals surface area contributed by atoms with Crippen molar-refractivity contribution in [1.29, 1.82) is 0 Å². The number of aromatic nitrogens is 2. The van der Waals surface area contributed by atoms with Gasteiger partial charge in [0.1, 0.15) is 11.3 Å². The quantitative estimate of drug-likeness (QED) is 0.318. The predicted octanol–water partition coefficient (Wildman–Crippen LogP) is 4.35. The molecule has 192 valence electrons. The zero-order valence-corrected chi connectivity index (χ0v) is 20.9. The third-order valence-electron chi connectivity index (χ3n) is 7.74. The second-order valence-electron chi connectivity index (χ2n) is 9.92. The van der Waals surface area contributed by atoms with Gasteiger partial charge < -0.3 is 24.3 Å². The van der Waals surface area contributed by atoms with Crippen molar-refractivity contribution in [3.05, 3.63) is 59.2 Å². The summed E-state index contributed by atoms with van der Waals surface area (Å²) in [5.41, 5.74) is 6.31. The molecule has 9 nitrogen and oxygen atoms in total. The Morgan fingerprint density at radius 1 is 1.03 bits per heavy atom. The lowest BCUT2D eigenvalue weighted by Gasteiger charge is -2.33. The van der Waals surface area contributed by atoms with Crippen LogP contribution in [0.2, 0.25) is 0 Å². The summed E-state index contributed by atoms with van der Waals surface area (Å²) in [7, 11) is 1.60. The lowest BCUT2D eigenvalue weighted by molar-refractivity contribution is -0.141. The summed E-state index contributed by atoms with van der Waals surface area (Å²) in [6.45, 7) is 2.39. The fourth-order valence-electron chi connectivity index (χ4n) is 5.94. The number of hydrogen-bond acceptors (Lipinski definition) is 8. The highest BCUT2D eigenvalue weighted by Crippen LogP contribution is 2.51. The van der Waals surface area contributed by atoms with Gasteiger partial charge in [0.15, 0.2) is 11.5 Å². The van der Waals surface area contributed by atoms with Gasteiger partial charge in [-0.1, -0.05) is 6.92 Å². The third kappa shape index (κ3) is 3.53. The molecule has 1 aromatic heterocycles. The minimum Gasteiger partial charge on any atom is -0.494 e. The van der Waals surface area contributed by atoms with E-state index < -0.39 is 0 Å². The molecule has 4 aromatic rings. The first-order valence-corrected chi connectivity index (χ1v) is 12.7. The number of benzene rings is 3. The van der Waals surface area contributed by atoms with E-state index in [1.807, 2.05) is 42.5 Å². The van der Waals surface area contributed by atoms with Crippen LogP contribution >= 0.6 is 0 Å². The molecule has 1 amide bonds. The second kappa shape index (κ2) is 8.58. The fourth-order valence-corrected chi connectivity index (χ4v) is 5.94. The first-order chi connectivity index (χ1) is 18.5. The van der Waals surface area contributed by atoms with E-state index in [2.05, 4.69) is 5.32 Å². The molecule has 7 rings (SSSR count). The molecule has 9 heteroatoms. The Hall–Kier alpha value is -4.40. The summed E-state index contributed by atoms with van der Waals surface area (Å²) >= 11 is 0. The van der Waals surface area contributed by atoms with Crippen LogP contribution in [-0.2, 0) is 20.7 Å². The average molecular weight is 512 g/mol. The number of hydrogen-bond donors (Lipinski definition) is 1. The van der Waals surface area contributed by atoms with E-state index in [1.54, 1.807) is 14.0 Å².